The minimum absolute atomic E-state index is 0.0901. The van der Waals surface area contributed by atoms with Crippen molar-refractivity contribution >= 4 is 16.6 Å². The fraction of sp³-hybridized carbons (Fsp3) is 0.522. The Labute approximate surface area is 156 Å². The highest BCUT2D eigenvalue weighted by Crippen LogP contribution is 2.31. The number of benzene rings is 2. The molecule has 3 heteroatoms. The van der Waals surface area contributed by atoms with Crippen molar-refractivity contribution in [2.75, 3.05) is 13.1 Å². The quantitative estimate of drug-likeness (QED) is 0.810. The average Bonchev–Trinajstić information content (AvgIpc) is 3.21. The molecule has 1 aliphatic heterocycles. The maximum absolute atomic E-state index is 13.3. The van der Waals surface area contributed by atoms with Gasteiger partial charge in [-0.1, -0.05) is 37.1 Å². The molecule has 4 rings (SSSR count). The monoisotopic (exact) mass is 351 g/mol. The molecule has 2 atom stereocenters. The minimum Gasteiger partial charge on any atom is -0.389 e. The molecule has 26 heavy (non-hydrogen) atoms. The maximum Gasteiger partial charge on any atom is 0.167 e. The predicted octanol–water partition coefficient (Wildman–Crippen LogP) is 4.73. The van der Waals surface area contributed by atoms with Crippen LogP contribution in [-0.4, -0.2) is 34.9 Å². The number of aliphatic hydroxyl groups excluding tert-OH is 1. The summed E-state index contributed by atoms with van der Waals surface area (Å²) < 4.78 is 0. The van der Waals surface area contributed by atoms with E-state index in [1.54, 1.807) is 6.92 Å². The van der Waals surface area contributed by atoms with Gasteiger partial charge < -0.3 is 5.11 Å². The third-order valence-electron chi connectivity index (χ3n) is 6.29. The van der Waals surface area contributed by atoms with Gasteiger partial charge in [0.15, 0.2) is 5.78 Å². The lowest BCUT2D eigenvalue weighted by Gasteiger charge is -2.36. The zero-order valence-corrected chi connectivity index (χ0v) is 15.7. The fourth-order valence-electron chi connectivity index (χ4n) is 4.89. The van der Waals surface area contributed by atoms with E-state index in [9.17, 15) is 9.90 Å². The van der Waals surface area contributed by atoms with Crippen LogP contribution >= 0.6 is 0 Å². The summed E-state index contributed by atoms with van der Waals surface area (Å²) in [4.78, 5) is 15.8. The molecule has 1 heterocycles. The lowest BCUT2D eigenvalue weighted by molar-refractivity contribution is 0.0757. The van der Waals surface area contributed by atoms with Gasteiger partial charge in [-0.25, -0.2) is 0 Å². The minimum atomic E-state index is -0.575. The summed E-state index contributed by atoms with van der Waals surface area (Å²) in [5.41, 5.74) is 1.62. The van der Waals surface area contributed by atoms with E-state index in [2.05, 4.69) is 4.90 Å². The smallest absolute Gasteiger partial charge is 0.167 e. The lowest BCUT2D eigenvalue weighted by atomic mass is 9.87. The van der Waals surface area contributed by atoms with Crippen molar-refractivity contribution in [2.45, 2.75) is 57.6 Å². The summed E-state index contributed by atoms with van der Waals surface area (Å²) in [6.45, 7) is 3.82. The largest absolute Gasteiger partial charge is 0.389 e. The molecular formula is C23H29NO2. The number of piperidine rings is 1. The van der Waals surface area contributed by atoms with Crippen molar-refractivity contribution in [3.8, 4) is 0 Å². The Bertz CT molecular complexity index is 792. The number of hydrogen-bond acceptors (Lipinski definition) is 3. The molecule has 2 aliphatic rings. The van der Waals surface area contributed by atoms with Crippen LogP contribution in [-0.2, 0) is 0 Å². The number of likely N-dealkylation sites (tertiary alicyclic amines) is 1. The normalized spacial score (nSPS) is 23.4. The molecule has 1 aliphatic carbocycles. The third-order valence-corrected chi connectivity index (χ3v) is 6.29. The van der Waals surface area contributed by atoms with Gasteiger partial charge in [-0.05, 0) is 67.6 Å². The van der Waals surface area contributed by atoms with Crippen LogP contribution in [0.3, 0.4) is 0 Å². The highest BCUT2D eigenvalue weighted by molar-refractivity contribution is 6.02. The van der Waals surface area contributed by atoms with Crippen LogP contribution in [0.2, 0.25) is 0 Å². The van der Waals surface area contributed by atoms with Crippen molar-refractivity contribution in [1.82, 2.24) is 4.90 Å². The molecule has 1 saturated carbocycles. The molecule has 1 saturated heterocycles. The maximum atomic E-state index is 13.3. The number of Topliss-reactive ketones (excluding diaryl/α,β-unsaturated/α-hetero) is 1. The summed E-state index contributed by atoms with van der Waals surface area (Å²) in [6.07, 6.45) is 6.79. The second kappa shape index (κ2) is 7.50. The van der Waals surface area contributed by atoms with Gasteiger partial charge in [0.05, 0.1) is 6.10 Å². The molecule has 3 nitrogen and oxygen atoms in total. The Kier molecular flexibility index (Phi) is 5.10. The van der Waals surface area contributed by atoms with Gasteiger partial charge in [0.1, 0.15) is 0 Å². The summed E-state index contributed by atoms with van der Waals surface area (Å²) in [6, 6.07) is 12.6. The Morgan fingerprint density at radius 3 is 2.65 bits per heavy atom. The number of rotatable bonds is 4. The zero-order chi connectivity index (χ0) is 18.1. The van der Waals surface area contributed by atoms with E-state index >= 15 is 0 Å². The summed E-state index contributed by atoms with van der Waals surface area (Å²) in [7, 11) is 0. The number of aliphatic hydroxyl groups is 1. The van der Waals surface area contributed by atoms with Crippen molar-refractivity contribution < 1.29 is 9.90 Å². The van der Waals surface area contributed by atoms with Gasteiger partial charge in [-0.2, -0.15) is 0 Å². The second-order valence-electron chi connectivity index (χ2n) is 8.10. The van der Waals surface area contributed by atoms with Crippen LogP contribution in [0, 0.1) is 5.92 Å². The van der Waals surface area contributed by atoms with Crippen molar-refractivity contribution in [3.05, 3.63) is 47.5 Å². The number of hydrogen-bond donors (Lipinski definition) is 1. The molecule has 0 amide bonds. The van der Waals surface area contributed by atoms with Gasteiger partial charge in [-0.3, -0.25) is 9.69 Å². The molecule has 2 unspecified atom stereocenters. The van der Waals surface area contributed by atoms with Crippen LogP contribution in [0.5, 0.6) is 0 Å². The number of carbonyl (C=O) groups is 1. The SMILES string of the molecule is CC(O)c1cc(C(=O)C2CCCN(C3CCCC3)C2)cc2ccccc12. The van der Waals surface area contributed by atoms with E-state index in [0.717, 1.165) is 47.8 Å². The molecule has 0 radical (unpaired) electrons. The first-order valence-corrected chi connectivity index (χ1v) is 10.1. The molecule has 0 bridgehead atoms. The van der Waals surface area contributed by atoms with Gasteiger partial charge in [0.25, 0.3) is 0 Å². The third kappa shape index (κ3) is 3.43. The predicted molar refractivity (Wildman–Crippen MR) is 105 cm³/mol. The Morgan fingerprint density at radius 1 is 1.12 bits per heavy atom. The van der Waals surface area contributed by atoms with Gasteiger partial charge >= 0.3 is 0 Å². The molecule has 2 fully saturated rings. The van der Waals surface area contributed by atoms with Gasteiger partial charge in [-0.15, -0.1) is 0 Å². The zero-order valence-electron chi connectivity index (χ0n) is 15.7. The first-order valence-electron chi connectivity index (χ1n) is 10.1. The van der Waals surface area contributed by atoms with Crippen LogP contribution in [0.1, 0.15) is 67.5 Å². The highest BCUT2D eigenvalue weighted by atomic mass is 16.3. The fourth-order valence-corrected chi connectivity index (χ4v) is 4.89. The summed E-state index contributed by atoms with van der Waals surface area (Å²) in [5, 5.41) is 12.3. The number of fused-ring (bicyclic) bond motifs is 1. The molecule has 2 aromatic carbocycles. The van der Waals surface area contributed by atoms with Crippen molar-refractivity contribution in [2.24, 2.45) is 5.92 Å². The van der Waals surface area contributed by atoms with E-state index < -0.39 is 6.10 Å². The summed E-state index contributed by atoms with van der Waals surface area (Å²) >= 11 is 0. The Balaban J connectivity index is 1.61. The van der Waals surface area contributed by atoms with Crippen molar-refractivity contribution in [1.29, 1.82) is 0 Å². The number of carbonyl (C=O) groups excluding carboxylic acids is 1. The van der Waals surface area contributed by atoms with Gasteiger partial charge in [0, 0.05) is 24.1 Å². The molecular weight excluding hydrogens is 322 g/mol. The van der Waals surface area contributed by atoms with Crippen LogP contribution in [0.15, 0.2) is 36.4 Å². The second-order valence-corrected chi connectivity index (χ2v) is 8.10. The molecule has 0 spiro atoms. The average molecular weight is 351 g/mol. The van der Waals surface area contributed by atoms with Crippen molar-refractivity contribution in [3.63, 3.8) is 0 Å². The van der Waals surface area contributed by atoms with Gasteiger partial charge in [0.2, 0.25) is 0 Å². The topological polar surface area (TPSA) is 40.5 Å². The van der Waals surface area contributed by atoms with E-state index in [4.69, 9.17) is 0 Å². The lowest BCUT2D eigenvalue weighted by Crippen LogP contribution is -2.43. The van der Waals surface area contributed by atoms with Crippen LogP contribution in [0.4, 0.5) is 0 Å². The van der Waals surface area contributed by atoms with E-state index in [0.29, 0.717) is 6.04 Å². The van der Waals surface area contributed by atoms with E-state index in [-0.39, 0.29) is 11.7 Å². The summed E-state index contributed by atoms with van der Waals surface area (Å²) in [5.74, 6) is 0.340. The first kappa shape index (κ1) is 17.7. The van der Waals surface area contributed by atoms with Crippen LogP contribution in [0.25, 0.3) is 10.8 Å². The molecule has 138 valence electrons. The number of ketones is 1. The Morgan fingerprint density at radius 2 is 1.88 bits per heavy atom. The standard InChI is InChI=1S/C23H29NO2/c1-16(25)22-14-19(13-17-7-2-5-11-21(17)22)23(26)18-8-6-12-24(15-18)20-9-3-4-10-20/h2,5,7,11,13-14,16,18,20,25H,3-4,6,8-10,12,15H2,1H3. The van der Waals surface area contributed by atoms with Crippen LogP contribution < -0.4 is 0 Å². The Hall–Kier alpha value is -1.71. The van der Waals surface area contributed by atoms with E-state index in [1.165, 1.54) is 25.7 Å². The highest BCUT2D eigenvalue weighted by Gasteiger charge is 2.31. The molecule has 0 aromatic heterocycles. The van der Waals surface area contributed by atoms with E-state index in [1.807, 2.05) is 36.4 Å². The first-order chi connectivity index (χ1) is 12.6. The molecule has 1 N–H and O–H groups in total. The number of nitrogens with zero attached hydrogens (tertiary/aromatic N) is 1. The molecule has 2 aromatic rings.